The molecule has 2 N–H and O–H groups in total. The molecular formula is C33H39N5O6. The highest BCUT2D eigenvalue weighted by Crippen LogP contribution is 2.43. The van der Waals surface area contributed by atoms with Gasteiger partial charge in [-0.2, -0.15) is 5.26 Å². The van der Waals surface area contributed by atoms with Crippen LogP contribution in [0.2, 0.25) is 0 Å². The fourth-order valence-corrected chi connectivity index (χ4v) is 5.36. The average molecular weight is 602 g/mol. The van der Waals surface area contributed by atoms with Gasteiger partial charge in [-0.1, -0.05) is 42.5 Å². The third-order valence-corrected chi connectivity index (χ3v) is 7.55. The lowest BCUT2D eigenvalue weighted by Crippen LogP contribution is -2.50. The lowest BCUT2D eigenvalue weighted by molar-refractivity contribution is -0.139. The Balaban J connectivity index is 1.56. The van der Waals surface area contributed by atoms with E-state index in [-0.39, 0.29) is 28.8 Å². The van der Waals surface area contributed by atoms with Crippen molar-refractivity contribution in [3.05, 3.63) is 88.4 Å². The van der Waals surface area contributed by atoms with E-state index in [2.05, 4.69) is 11.0 Å². The molecule has 0 radical (unpaired) electrons. The van der Waals surface area contributed by atoms with Gasteiger partial charge in [-0.15, -0.1) is 0 Å². The number of nitriles is 1. The minimum atomic E-state index is -0.922. The summed E-state index contributed by atoms with van der Waals surface area (Å²) in [6.07, 6.45) is 0.467. The topological polar surface area (TPSA) is 138 Å². The van der Waals surface area contributed by atoms with Crippen LogP contribution >= 0.6 is 0 Å². The van der Waals surface area contributed by atoms with E-state index in [1.54, 1.807) is 41.3 Å². The molecule has 2 heterocycles. The number of allylic oxidation sites excluding steroid dienone is 1. The first kappa shape index (κ1) is 32.1. The second kappa shape index (κ2) is 13.7. The summed E-state index contributed by atoms with van der Waals surface area (Å²) in [5.74, 6) is -2.46. The van der Waals surface area contributed by atoms with Gasteiger partial charge in [0.1, 0.15) is 17.1 Å². The number of esters is 2. The maximum atomic E-state index is 13.2. The van der Waals surface area contributed by atoms with E-state index in [4.69, 9.17) is 19.9 Å². The van der Waals surface area contributed by atoms with Crippen LogP contribution in [0.15, 0.2) is 77.3 Å². The fraction of sp³-hybridized carbons (Fsp3) is 0.394. The number of ether oxygens (including phenoxy) is 3. The molecule has 0 aliphatic carbocycles. The zero-order valence-electron chi connectivity index (χ0n) is 25.8. The van der Waals surface area contributed by atoms with Crippen LogP contribution in [0, 0.1) is 11.3 Å². The Kier molecular flexibility index (Phi) is 9.96. The van der Waals surface area contributed by atoms with E-state index in [1.807, 2.05) is 39.0 Å². The zero-order valence-corrected chi connectivity index (χ0v) is 25.8. The SMILES string of the molecule is COC(=O)C1=C(C(=O)OC)N(c2ccc(CCN3CCN(C(=O)OC(C)(C)C)CC3)cc2)C(N)=C(C#N)C1c1ccccc1. The Morgan fingerprint density at radius 3 is 2.09 bits per heavy atom. The van der Waals surface area contributed by atoms with Crippen molar-refractivity contribution in [3.63, 3.8) is 0 Å². The smallest absolute Gasteiger partial charge is 0.410 e. The van der Waals surface area contributed by atoms with E-state index in [0.29, 0.717) is 24.3 Å². The number of nitrogens with two attached hydrogens (primary N) is 1. The first-order valence-electron chi connectivity index (χ1n) is 14.4. The van der Waals surface area contributed by atoms with Crippen molar-refractivity contribution in [2.75, 3.05) is 51.8 Å². The molecule has 4 rings (SSSR count). The van der Waals surface area contributed by atoms with Crippen molar-refractivity contribution in [1.29, 1.82) is 5.26 Å². The van der Waals surface area contributed by atoms with Gasteiger partial charge >= 0.3 is 18.0 Å². The summed E-state index contributed by atoms with van der Waals surface area (Å²) >= 11 is 0. The number of rotatable bonds is 7. The highest BCUT2D eigenvalue weighted by atomic mass is 16.6. The van der Waals surface area contributed by atoms with Crippen molar-refractivity contribution < 1.29 is 28.6 Å². The molecule has 0 bridgehead atoms. The number of amides is 1. The van der Waals surface area contributed by atoms with Gasteiger partial charge < -0.3 is 24.8 Å². The van der Waals surface area contributed by atoms with Gasteiger partial charge in [-0.05, 0) is 50.5 Å². The molecule has 11 nitrogen and oxygen atoms in total. The maximum Gasteiger partial charge on any atom is 0.410 e. The number of hydrogen-bond acceptors (Lipinski definition) is 10. The molecule has 232 valence electrons. The number of carbonyl (C=O) groups excluding carboxylic acids is 3. The number of methoxy groups -OCH3 is 2. The van der Waals surface area contributed by atoms with Crippen LogP contribution in [0.1, 0.15) is 37.8 Å². The van der Waals surface area contributed by atoms with Gasteiger partial charge in [0.15, 0.2) is 0 Å². The molecule has 2 aromatic rings. The molecular weight excluding hydrogens is 562 g/mol. The minimum absolute atomic E-state index is 0.0185. The van der Waals surface area contributed by atoms with Gasteiger partial charge in [0.05, 0.1) is 37.4 Å². The van der Waals surface area contributed by atoms with Crippen LogP contribution in [0.5, 0.6) is 0 Å². The van der Waals surface area contributed by atoms with Crippen LogP contribution in [-0.2, 0) is 30.2 Å². The molecule has 2 aliphatic heterocycles. The fourth-order valence-electron chi connectivity index (χ4n) is 5.36. The third-order valence-electron chi connectivity index (χ3n) is 7.55. The Morgan fingerprint density at radius 2 is 1.55 bits per heavy atom. The monoisotopic (exact) mass is 601 g/mol. The number of benzene rings is 2. The van der Waals surface area contributed by atoms with Crippen molar-refractivity contribution in [2.45, 2.75) is 38.7 Å². The van der Waals surface area contributed by atoms with E-state index in [0.717, 1.165) is 31.6 Å². The molecule has 1 fully saturated rings. The Hall–Kier alpha value is -4.82. The Morgan fingerprint density at radius 1 is 0.932 bits per heavy atom. The van der Waals surface area contributed by atoms with Crippen LogP contribution in [0.3, 0.4) is 0 Å². The van der Waals surface area contributed by atoms with Gasteiger partial charge in [-0.25, -0.2) is 14.4 Å². The second-order valence-corrected chi connectivity index (χ2v) is 11.6. The summed E-state index contributed by atoms with van der Waals surface area (Å²) in [6, 6.07) is 18.5. The molecule has 0 spiro atoms. The highest BCUT2D eigenvalue weighted by Gasteiger charge is 2.43. The minimum Gasteiger partial charge on any atom is -0.466 e. The second-order valence-electron chi connectivity index (χ2n) is 11.6. The summed E-state index contributed by atoms with van der Waals surface area (Å²) in [7, 11) is 2.44. The zero-order chi connectivity index (χ0) is 32.0. The first-order valence-corrected chi connectivity index (χ1v) is 14.4. The Labute approximate surface area is 258 Å². The van der Waals surface area contributed by atoms with Gasteiger partial charge in [0.2, 0.25) is 0 Å². The van der Waals surface area contributed by atoms with Gasteiger partial charge in [0.25, 0.3) is 0 Å². The summed E-state index contributed by atoms with van der Waals surface area (Å²) < 4.78 is 15.7. The van der Waals surface area contributed by atoms with Crippen LogP contribution in [0.25, 0.3) is 0 Å². The number of carbonyl (C=O) groups is 3. The Bertz CT molecular complexity index is 1480. The normalized spacial score (nSPS) is 17.7. The molecule has 0 aromatic heterocycles. The molecule has 0 saturated carbocycles. The first-order chi connectivity index (χ1) is 21.0. The predicted molar refractivity (Wildman–Crippen MR) is 164 cm³/mol. The quantitative estimate of drug-likeness (QED) is 0.369. The molecule has 1 saturated heterocycles. The molecule has 2 aromatic carbocycles. The summed E-state index contributed by atoms with van der Waals surface area (Å²) in [5, 5.41) is 10.2. The van der Waals surface area contributed by atoms with Crippen molar-refractivity contribution in [3.8, 4) is 6.07 Å². The lowest BCUT2D eigenvalue weighted by Gasteiger charge is -2.36. The summed E-state index contributed by atoms with van der Waals surface area (Å²) in [4.78, 5) is 44.2. The number of nitrogens with zero attached hydrogens (tertiary/aromatic N) is 4. The van der Waals surface area contributed by atoms with Crippen molar-refractivity contribution in [2.24, 2.45) is 5.73 Å². The predicted octanol–water partition coefficient (Wildman–Crippen LogP) is 3.68. The molecule has 11 heteroatoms. The molecule has 1 atom stereocenters. The lowest BCUT2D eigenvalue weighted by atomic mass is 9.81. The standard InChI is InChI=1S/C33H39N5O6/c1-33(2,3)44-32(41)37-19-17-36(18-20-37)16-15-22-11-13-24(14-12-22)38-28(31(40)43-5)27(30(39)42-4)26(25(21-34)29(38)35)23-9-7-6-8-10-23/h6-14,26H,15-20,35H2,1-5H3. The van der Waals surface area contributed by atoms with E-state index >= 15 is 0 Å². The van der Waals surface area contributed by atoms with Crippen LogP contribution in [0.4, 0.5) is 10.5 Å². The van der Waals surface area contributed by atoms with E-state index in [1.165, 1.54) is 19.1 Å². The van der Waals surface area contributed by atoms with E-state index < -0.39 is 23.5 Å². The molecule has 44 heavy (non-hydrogen) atoms. The molecule has 2 aliphatic rings. The number of piperazine rings is 1. The highest BCUT2D eigenvalue weighted by molar-refractivity contribution is 6.06. The number of hydrogen-bond donors (Lipinski definition) is 1. The van der Waals surface area contributed by atoms with E-state index in [9.17, 15) is 19.6 Å². The average Bonchev–Trinajstić information content (AvgIpc) is 3.02. The summed E-state index contributed by atoms with van der Waals surface area (Å²) in [5.41, 5.74) is 8.16. The molecule has 1 amide bonds. The maximum absolute atomic E-state index is 13.2. The van der Waals surface area contributed by atoms with Gasteiger partial charge in [0, 0.05) is 38.4 Å². The van der Waals surface area contributed by atoms with Gasteiger partial charge in [-0.3, -0.25) is 9.80 Å². The third kappa shape index (κ3) is 7.03. The van der Waals surface area contributed by atoms with Crippen molar-refractivity contribution in [1.82, 2.24) is 9.80 Å². The summed E-state index contributed by atoms with van der Waals surface area (Å²) in [6.45, 7) is 9.06. The molecule has 1 unspecified atom stereocenters. The largest absolute Gasteiger partial charge is 0.466 e. The van der Waals surface area contributed by atoms with Crippen LogP contribution in [-0.4, -0.2) is 80.4 Å². The van der Waals surface area contributed by atoms with Crippen LogP contribution < -0.4 is 10.6 Å². The van der Waals surface area contributed by atoms with Crippen molar-refractivity contribution >= 4 is 23.7 Å². The number of anilines is 1.